The summed E-state index contributed by atoms with van der Waals surface area (Å²) in [6.45, 7) is 0. The molecule has 2 amide bonds. The normalized spacial score (nSPS) is 15.9. The lowest BCUT2D eigenvalue weighted by Gasteiger charge is -2.19. The van der Waals surface area contributed by atoms with Crippen LogP contribution in [-0.2, 0) is 4.79 Å². The van der Waals surface area contributed by atoms with Crippen LogP contribution in [0.15, 0.2) is 54.7 Å². The van der Waals surface area contributed by atoms with Crippen LogP contribution in [0.5, 0.6) is 17.2 Å². The maximum atomic E-state index is 13.7. The van der Waals surface area contributed by atoms with Gasteiger partial charge in [0.2, 0.25) is 5.91 Å². The Hall–Kier alpha value is -3.35. The molecule has 7 heteroatoms. The standard InChI is InChI=1S/C19H17FN2O4/c1-25-14-3-5-15(6-4-14)26-17-7-2-12(20)10-16(17)19(24)22-13-8-9-21-18(23)11-13/h2-10,13H,11H2,1H3,(H,21,23)(H,22,24). The second kappa shape index (κ2) is 7.69. The first kappa shape index (κ1) is 17.5. The molecule has 2 aromatic rings. The Bertz CT molecular complexity index is 849. The summed E-state index contributed by atoms with van der Waals surface area (Å²) in [6, 6.07) is 10.0. The molecule has 0 bridgehead atoms. The number of hydrogen-bond donors (Lipinski definition) is 2. The Balaban J connectivity index is 1.80. The van der Waals surface area contributed by atoms with E-state index in [9.17, 15) is 14.0 Å². The number of methoxy groups -OCH3 is 1. The fourth-order valence-corrected chi connectivity index (χ4v) is 2.47. The van der Waals surface area contributed by atoms with Gasteiger partial charge in [0.15, 0.2) is 0 Å². The molecule has 1 heterocycles. The Labute approximate surface area is 149 Å². The van der Waals surface area contributed by atoms with Gasteiger partial charge in [-0.05, 0) is 48.5 Å². The van der Waals surface area contributed by atoms with Crippen molar-refractivity contribution in [3.8, 4) is 17.2 Å². The average molecular weight is 356 g/mol. The summed E-state index contributed by atoms with van der Waals surface area (Å²) in [7, 11) is 1.55. The summed E-state index contributed by atoms with van der Waals surface area (Å²) in [5.74, 6) is 0.0526. The van der Waals surface area contributed by atoms with Gasteiger partial charge in [0.05, 0.1) is 25.1 Å². The number of nitrogens with one attached hydrogen (secondary N) is 2. The van der Waals surface area contributed by atoms with Crippen LogP contribution < -0.4 is 20.1 Å². The average Bonchev–Trinajstić information content (AvgIpc) is 2.64. The zero-order chi connectivity index (χ0) is 18.5. The summed E-state index contributed by atoms with van der Waals surface area (Å²) >= 11 is 0. The zero-order valence-electron chi connectivity index (χ0n) is 14.0. The molecule has 1 aliphatic heterocycles. The molecule has 3 rings (SSSR count). The van der Waals surface area contributed by atoms with E-state index < -0.39 is 17.8 Å². The lowest BCUT2D eigenvalue weighted by atomic mass is 10.1. The number of halogens is 1. The van der Waals surface area contributed by atoms with Crippen LogP contribution in [0.4, 0.5) is 4.39 Å². The van der Waals surface area contributed by atoms with Gasteiger partial charge < -0.3 is 20.1 Å². The van der Waals surface area contributed by atoms with Crippen LogP contribution in [0.25, 0.3) is 0 Å². The number of carbonyl (C=O) groups excluding carboxylic acids is 2. The van der Waals surface area contributed by atoms with Crippen molar-refractivity contribution >= 4 is 11.8 Å². The molecule has 0 radical (unpaired) electrons. The topological polar surface area (TPSA) is 76.7 Å². The van der Waals surface area contributed by atoms with E-state index in [0.717, 1.165) is 6.07 Å². The second-order valence-electron chi connectivity index (χ2n) is 5.63. The van der Waals surface area contributed by atoms with Crippen molar-refractivity contribution in [2.45, 2.75) is 12.5 Å². The van der Waals surface area contributed by atoms with Crippen LogP contribution in [-0.4, -0.2) is 25.0 Å². The van der Waals surface area contributed by atoms with E-state index >= 15 is 0 Å². The molecule has 0 fully saturated rings. The van der Waals surface area contributed by atoms with Gasteiger partial charge in [-0.1, -0.05) is 0 Å². The fourth-order valence-electron chi connectivity index (χ4n) is 2.47. The molecule has 134 valence electrons. The van der Waals surface area contributed by atoms with Crippen molar-refractivity contribution in [1.82, 2.24) is 10.6 Å². The number of rotatable bonds is 5. The van der Waals surface area contributed by atoms with Gasteiger partial charge >= 0.3 is 0 Å². The first-order chi connectivity index (χ1) is 12.5. The van der Waals surface area contributed by atoms with E-state index in [1.165, 1.54) is 18.3 Å². The lowest BCUT2D eigenvalue weighted by Crippen LogP contribution is -2.40. The number of ether oxygens (including phenoxy) is 2. The van der Waals surface area contributed by atoms with Gasteiger partial charge in [0.25, 0.3) is 5.91 Å². The van der Waals surface area contributed by atoms with Crippen LogP contribution in [0, 0.1) is 5.82 Å². The zero-order valence-corrected chi connectivity index (χ0v) is 14.0. The predicted octanol–water partition coefficient (Wildman–Crippen LogP) is 2.76. The minimum Gasteiger partial charge on any atom is -0.497 e. The molecule has 1 atom stereocenters. The van der Waals surface area contributed by atoms with Gasteiger partial charge in [0.1, 0.15) is 23.1 Å². The molecule has 0 saturated heterocycles. The van der Waals surface area contributed by atoms with E-state index in [4.69, 9.17) is 9.47 Å². The first-order valence-electron chi connectivity index (χ1n) is 7.93. The molecule has 0 aliphatic carbocycles. The fraction of sp³-hybridized carbons (Fsp3) is 0.158. The van der Waals surface area contributed by atoms with Crippen LogP contribution in [0.2, 0.25) is 0 Å². The smallest absolute Gasteiger partial charge is 0.255 e. The minimum absolute atomic E-state index is 0.0419. The number of benzene rings is 2. The van der Waals surface area contributed by atoms with Gasteiger partial charge in [-0.25, -0.2) is 4.39 Å². The predicted molar refractivity (Wildman–Crippen MR) is 92.6 cm³/mol. The van der Waals surface area contributed by atoms with Gasteiger partial charge in [0, 0.05) is 6.20 Å². The van der Waals surface area contributed by atoms with Crippen molar-refractivity contribution in [3.63, 3.8) is 0 Å². The quantitative estimate of drug-likeness (QED) is 0.864. The molecule has 0 spiro atoms. The molecular formula is C19H17FN2O4. The van der Waals surface area contributed by atoms with Gasteiger partial charge in [-0.15, -0.1) is 0 Å². The first-order valence-corrected chi connectivity index (χ1v) is 7.93. The lowest BCUT2D eigenvalue weighted by molar-refractivity contribution is -0.120. The maximum Gasteiger partial charge on any atom is 0.255 e. The highest BCUT2D eigenvalue weighted by atomic mass is 19.1. The number of hydrogen-bond acceptors (Lipinski definition) is 4. The van der Waals surface area contributed by atoms with Crippen LogP contribution in [0.3, 0.4) is 0 Å². The summed E-state index contributed by atoms with van der Waals surface area (Å²) in [4.78, 5) is 23.9. The highest BCUT2D eigenvalue weighted by molar-refractivity contribution is 5.97. The Morgan fingerprint density at radius 3 is 2.62 bits per heavy atom. The molecule has 6 nitrogen and oxygen atoms in total. The van der Waals surface area contributed by atoms with Crippen molar-refractivity contribution in [1.29, 1.82) is 0 Å². The van der Waals surface area contributed by atoms with Crippen LogP contribution in [0.1, 0.15) is 16.8 Å². The van der Waals surface area contributed by atoms with Gasteiger partial charge in [-0.3, -0.25) is 9.59 Å². The Kier molecular flexibility index (Phi) is 5.17. The molecule has 2 aromatic carbocycles. The summed E-state index contributed by atoms with van der Waals surface area (Å²) in [5, 5.41) is 5.21. The summed E-state index contributed by atoms with van der Waals surface area (Å²) < 4.78 is 24.5. The van der Waals surface area contributed by atoms with E-state index in [-0.39, 0.29) is 23.6 Å². The van der Waals surface area contributed by atoms with Gasteiger partial charge in [-0.2, -0.15) is 0 Å². The van der Waals surface area contributed by atoms with E-state index in [0.29, 0.717) is 11.5 Å². The van der Waals surface area contributed by atoms with E-state index in [1.807, 2.05) is 0 Å². The Morgan fingerprint density at radius 1 is 1.19 bits per heavy atom. The Morgan fingerprint density at radius 2 is 1.92 bits per heavy atom. The summed E-state index contributed by atoms with van der Waals surface area (Å²) in [5.41, 5.74) is 0.0419. The maximum absolute atomic E-state index is 13.7. The molecule has 0 aromatic heterocycles. The molecule has 2 N–H and O–H groups in total. The van der Waals surface area contributed by atoms with Crippen molar-refractivity contribution in [2.24, 2.45) is 0 Å². The van der Waals surface area contributed by atoms with E-state index in [1.54, 1.807) is 37.5 Å². The molecule has 26 heavy (non-hydrogen) atoms. The highest BCUT2D eigenvalue weighted by Crippen LogP contribution is 2.27. The van der Waals surface area contributed by atoms with Crippen molar-refractivity contribution < 1.29 is 23.5 Å². The van der Waals surface area contributed by atoms with E-state index in [2.05, 4.69) is 10.6 Å². The number of carbonyl (C=O) groups is 2. The van der Waals surface area contributed by atoms with Crippen molar-refractivity contribution in [3.05, 3.63) is 66.1 Å². The molecule has 1 unspecified atom stereocenters. The number of amides is 2. The largest absolute Gasteiger partial charge is 0.497 e. The SMILES string of the molecule is COc1ccc(Oc2ccc(F)cc2C(=O)NC2C=CNC(=O)C2)cc1. The third kappa shape index (κ3) is 4.18. The molecule has 1 aliphatic rings. The second-order valence-corrected chi connectivity index (χ2v) is 5.63. The summed E-state index contributed by atoms with van der Waals surface area (Å²) in [6.07, 6.45) is 3.24. The minimum atomic E-state index is -0.561. The third-order valence-corrected chi connectivity index (χ3v) is 3.77. The monoisotopic (exact) mass is 356 g/mol. The van der Waals surface area contributed by atoms with Crippen LogP contribution >= 0.6 is 0 Å². The highest BCUT2D eigenvalue weighted by Gasteiger charge is 2.20. The molecule has 0 saturated carbocycles. The molecular weight excluding hydrogens is 339 g/mol. The third-order valence-electron chi connectivity index (χ3n) is 3.77. The van der Waals surface area contributed by atoms with Crippen molar-refractivity contribution in [2.75, 3.05) is 7.11 Å².